The molecule has 1 aromatic carbocycles. The van der Waals surface area contributed by atoms with E-state index in [1.165, 1.54) is 6.07 Å². The number of β-amino-alcohol motifs (C(OH)–C–C–N with tert-alkyl or cyclic N) is 1. The van der Waals surface area contributed by atoms with Gasteiger partial charge in [0.05, 0.1) is 0 Å². The standard InChI is InChI=1S/C12H16FNO/c1-9-7-14(2)8-12(9,15)10-5-3-4-6-11(10)13/h3-6,9,15H,7-8H2,1-2H3/t9-,12-/m0/s1. The molecule has 1 aliphatic heterocycles. The summed E-state index contributed by atoms with van der Waals surface area (Å²) in [6.45, 7) is 3.25. The summed E-state index contributed by atoms with van der Waals surface area (Å²) in [6, 6.07) is 6.48. The molecular weight excluding hydrogens is 193 g/mol. The van der Waals surface area contributed by atoms with Crippen LogP contribution in [0.15, 0.2) is 24.3 Å². The van der Waals surface area contributed by atoms with E-state index in [4.69, 9.17) is 0 Å². The number of nitrogens with zero attached hydrogens (tertiary/aromatic N) is 1. The first-order valence-electron chi connectivity index (χ1n) is 5.20. The second-order valence-corrected chi connectivity index (χ2v) is 4.50. The van der Waals surface area contributed by atoms with E-state index >= 15 is 0 Å². The van der Waals surface area contributed by atoms with Crippen molar-refractivity contribution in [2.75, 3.05) is 20.1 Å². The van der Waals surface area contributed by atoms with Crippen molar-refractivity contribution in [3.63, 3.8) is 0 Å². The van der Waals surface area contributed by atoms with Crippen LogP contribution >= 0.6 is 0 Å². The number of benzene rings is 1. The molecule has 0 unspecified atom stereocenters. The maximum Gasteiger partial charge on any atom is 0.129 e. The number of rotatable bonds is 1. The van der Waals surface area contributed by atoms with Gasteiger partial charge in [0.1, 0.15) is 11.4 Å². The summed E-state index contributed by atoms with van der Waals surface area (Å²) in [5.41, 5.74) is -0.623. The number of hydrogen-bond donors (Lipinski definition) is 1. The molecule has 1 aromatic rings. The molecule has 3 heteroatoms. The van der Waals surface area contributed by atoms with Crippen LogP contribution in [0.25, 0.3) is 0 Å². The minimum atomic E-state index is -1.04. The van der Waals surface area contributed by atoms with Gasteiger partial charge in [-0.05, 0) is 13.1 Å². The van der Waals surface area contributed by atoms with E-state index in [9.17, 15) is 9.50 Å². The van der Waals surface area contributed by atoms with Gasteiger partial charge >= 0.3 is 0 Å². The van der Waals surface area contributed by atoms with Crippen LogP contribution in [0.1, 0.15) is 12.5 Å². The second kappa shape index (κ2) is 3.58. The number of aliphatic hydroxyl groups is 1. The zero-order valence-corrected chi connectivity index (χ0v) is 9.07. The molecular formula is C12H16FNO. The zero-order chi connectivity index (χ0) is 11.1. The van der Waals surface area contributed by atoms with Gasteiger partial charge in [0.25, 0.3) is 0 Å². The molecule has 1 heterocycles. The Balaban J connectivity index is 2.42. The molecule has 0 amide bonds. The van der Waals surface area contributed by atoms with E-state index in [1.807, 2.05) is 18.9 Å². The van der Waals surface area contributed by atoms with Crippen molar-refractivity contribution in [1.29, 1.82) is 0 Å². The normalized spacial score (nSPS) is 32.1. The third kappa shape index (κ3) is 1.66. The van der Waals surface area contributed by atoms with E-state index in [2.05, 4.69) is 0 Å². The van der Waals surface area contributed by atoms with Crippen molar-refractivity contribution >= 4 is 0 Å². The van der Waals surface area contributed by atoms with Gasteiger partial charge in [-0.15, -0.1) is 0 Å². The van der Waals surface area contributed by atoms with Crippen LogP contribution in [-0.4, -0.2) is 30.1 Å². The molecule has 2 nitrogen and oxygen atoms in total. The number of hydrogen-bond acceptors (Lipinski definition) is 2. The third-order valence-electron chi connectivity index (χ3n) is 3.25. The quantitative estimate of drug-likeness (QED) is 0.759. The van der Waals surface area contributed by atoms with Gasteiger partial charge in [-0.2, -0.15) is 0 Å². The maximum absolute atomic E-state index is 13.6. The molecule has 0 aliphatic carbocycles. The second-order valence-electron chi connectivity index (χ2n) is 4.50. The van der Waals surface area contributed by atoms with Crippen LogP contribution in [0.3, 0.4) is 0 Å². The lowest BCUT2D eigenvalue weighted by Gasteiger charge is -2.27. The minimum Gasteiger partial charge on any atom is -0.383 e. The molecule has 0 spiro atoms. The van der Waals surface area contributed by atoms with Crippen LogP contribution in [0.2, 0.25) is 0 Å². The molecule has 1 N–H and O–H groups in total. The van der Waals surface area contributed by atoms with Crippen molar-refractivity contribution in [2.45, 2.75) is 12.5 Å². The van der Waals surface area contributed by atoms with Crippen molar-refractivity contribution in [3.8, 4) is 0 Å². The summed E-state index contributed by atoms with van der Waals surface area (Å²) >= 11 is 0. The van der Waals surface area contributed by atoms with Crippen LogP contribution in [0.4, 0.5) is 4.39 Å². The molecule has 2 rings (SSSR count). The highest BCUT2D eigenvalue weighted by atomic mass is 19.1. The maximum atomic E-state index is 13.6. The molecule has 1 fully saturated rings. The monoisotopic (exact) mass is 209 g/mol. The summed E-state index contributed by atoms with van der Waals surface area (Å²) in [6.07, 6.45) is 0. The van der Waals surface area contributed by atoms with Crippen LogP contribution in [0.5, 0.6) is 0 Å². The fraction of sp³-hybridized carbons (Fsp3) is 0.500. The molecule has 0 bridgehead atoms. The summed E-state index contributed by atoms with van der Waals surface area (Å²) in [7, 11) is 1.94. The summed E-state index contributed by atoms with van der Waals surface area (Å²) in [5, 5.41) is 10.5. The van der Waals surface area contributed by atoms with E-state index in [1.54, 1.807) is 18.2 Å². The lowest BCUT2D eigenvalue weighted by Crippen LogP contribution is -2.34. The Morgan fingerprint density at radius 3 is 2.67 bits per heavy atom. The van der Waals surface area contributed by atoms with Gasteiger partial charge in [-0.3, -0.25) is 0 Å². The molecule has 0 saturated carbocycles. The largest absolute Gasteiger partial charge is 0.383 e. The molecule has 0 aromatic heterocycles. The highest BCUT2D eigenvalue weighted by Gasteiger charge is 2.43. The van der Waals surface area contributed by atoms with Gasteiger partial charge in [-0.25, -0.2) is 4.39 Å². The highest BCUT2D eigenvalue weighted by Crippen LogP contribution is 2.36. The first-order chi connectivity index (χ1) is 7.04. The minimum absolute atomic E-state index is 0.0550. The predicted molar refractivity (Wildman–Crippen MR) is 57.0 cm³/mol. The smallest absolute Gasteiger partial charge is 0.129 e. The van der Waals surface area contributed by atoms with Gasteiger partial charge in [-0.1, -0.05) is 25.1 Å². The zero-order valence-electron chi connectivity index (χ0n) is 9.07. The Bertz CT molecular complexity index is 368. The van der Waals surface area contributed by atoms with Crippen LogP contribution in [-0.2, 0) is 5.60 Å². The molecule has 1 saturated heterocycles. The van der Waals surface area contributed by atoms with Crippen molar-refractivity contribution in [3.05, 3.63) is 35.6 Å². The average molecular weight is 209 g/mol. The average Bonchev–Trinajstić information content (AvgIpc) is 2.42. The predicted octanol–water partition coefficient (Wildman–Crippen LogP) is 1.59. The van der Waals surface area contributed by atoms with Crippen molar-refractivity contribution in [2.24, 2.45) is 5.92 Å². The number of likely N-dealkylation sites (N-methyl/N-ethyl adjacent to an activating group) is 1. The Labute approximate surface area is 89.3 Å². The van der Waals surface area contributed by atoms with Gasteiger partial charge < -0.3 is 10.0 Å². The van der Waals surface area contributed by atoms with Crippen LogP contribution < -0.4 is 0 Å². The van der Waals surface area contributed by atoms with E-state index in [0.29, 0.717) is 12.1 Å². The third-order valence-corrected chi connectivity index (χ3v) is 3.25. The summed E-state index contributed by atoms with van der Waals surface area (Å²) < 4.78 is 13.6. The topological polar surface area (TPSA) is 23.5 Å². The number of halogens is 1. The Hall–Kier alpha value is -0.930. The molecule has 2 atom stereocenters. The summed E-state index contributed by atoms with van der Waals surface area (Å²) in [5.74, 6) is -0.262. The van der Waals surface area contributed by atoms with Crippen LogP contribution in [0, 0.1) is 11.7 Å². The van der Waals surface area contributed by atoms with Gasteiger partial charge in [0.2, 0.25) is 0 Å². The van der Waals surface area contributed by atoms with E-state index in [-0.39, 0.29) is 11.7 Å². The number of likely N-dealkylation sites (tertiary alicyclic amines) is 1. The van der Waals surface area contributed by atoms with Gasteiger partial charge in [0, 0.05) is 24.6 Å². The van der Waals surface area contributed by atoms with E-state index in [0.717, 1.165) is 6.54 Å². The van der Waals surface area contributed by atoms with E-state index < -0.39 is 5.60 Å². The SMILES string of the molecule is C[C@H]1CN(C)C[C@@]1(O)c1ccccc1F. The molecule has 15 heavy (non-hydrogen) atoms. The molecule has 0 radical (unpaired) electrons. The molecule has 82 valence electrons. The lowest BCUT2D eigenvalue weighted by molar-refractivity contribution is 0.0113. The Morgan fingerprint density at radius 1 is 1.47 bits per heavy atom. The first-order valence-corrected chi connectivity index (χ1v) is 5.20. The fourth-order valence-electron chi connectivity index (χ4n) is 2.41. The molecule has 1 aliphatic rings. The first kappa shape index (κ1) is 10.6. The lowest BCUT2D eigenvalue weighted by atomic mass is 9.85. The fourth-order valence-corrected chi connectivity index (χ4v) is 2.41. The Kier molecular flexibility index (Phi) is 2.52. The highest BCUT2D eigenvalue weighted by molar-refractivity contribution is 5.27. The Morgan fingerprint density at radius 2 is 2.13 bits per heavy atom. The summed E-state index contributed by atoms with van der Waals surface area (Å²) in [4.78, 5) is 2.02. The van der Waals surface area contributed by atoms with Crippen molar-refractivity contribution < 1.29 is 9.50 Å². The van der Waals surface area contributed by atoms with Crippen molar-refractivity contribution in [1.82, 2.24) is 4.90 Å². The van der Waals surface area contributed by atoms with Gasteiger partial charge in [0.15, 0.2) is 0 Å².